The Morgan fingerprint density at radius 1 is 1.54 bits per heavy atom. The third-order valence-corrected chi connectivity index (χ3v) is 4.27. The molecule has 2 heterocycles. The van der Waals surface area contributed by atoms with E-state index < -0.39 is 0 Å². The zero-order valence-corrected chi connectivity index (χ0v) is 9.69. The number of ether oxygens (including phenoxy) is 1. The third-order valence-electron chi connectivity index (χ3n) is 1.60. The van der Waals surface area contributed by atoms with Gasteiger partial charge in [-0.25, -0.2) is 9.97 Å². The first-order chi connectivity index (χ1) is 6.27. The van der Waals surface area contributed by atoms with Gasteiger partial charge in [0.2, 0.25) is 0 Å². The summed E-state index contributed by atoms with van der Waals surface area (Å²) in [6.07, 6.45) is 1.47. The lowest BCUT2D eigenvalue weighted by molar-refractivity contribution is 0.0454. The fourth-order valence-corrected chi connectivity index (χ4v) is 2.48. The van der Waals surface area contributed by atoms with Crippen molar-refractivity contribution in [2.24, 2.45) is 0 Å². The van der Waals surface area contributed by atoms with Crippen molar-refractivity contribution >= 4 is 39.3 Å². The van der Waals surface area contributed by atoms with E-state index in [2.05, 4.69) is 25.9 Å². The van der Waals surface area contributed by atoms with Crippen LogP contribution in [0, 0.1) is 0 Å². The van der Waals surface area contributed by atoms with Crippen LogP contribution in [0.4, 0.5) is 0 Å². The molecular formula is C7H6BrClN2OS. The van der Waals surface area contributed by atoms with Gasteiger partial charge in [0.15, 0.2) is 0 Å². The lowest BCUT2D eigenvalue weighted by Crippen LogP contribution is -2.30. The van der Waals surface area contributed by atoms with Gasteiger partial charge in [-0.3, -0.25) is 0 Å². The lowest BCUT2D eigenvalue weighted by atomic mass is 10.4. The summed E-state index contributed by atoms with van der Waals surface area (Å²) >= 11 is 10.8. The molecule has 0 amide bonds. The van der Waals surface area contributed by atoms with Crippen molar-refractivity contribution in [1.82, 2.24) is 9.97 Å². The van der Waals surface area contributed by atoms with Crippen LogP contribution in [-0.4, -0.2) is 28.4 Å². The Balaban J connectivity index is 2.14. The van der Waals surface area contributed by atoms with Crippen molar-refractivity contribution in [3.63, 3.8) is 0 Å². The fraction of sp³-hybridized carbons (Fsp3) is 0.429. The van der Waals surface area contributed by atoms with E-state index in [0.717, 1.165) is 22.7 Å². The summed E-state index contributed by atoms with van der Waals surface area (Å²) in [5, 5.41) is 1.84. The highest BCUT2D eigenvalue weighted by molar-refractivity contribution is 9.10. The van der Waals surface area contributed by atoms with Crippen LogP contribution < -0.4 is 0 Å². The second-order valence-corrected chi connectivity index (χ2v) is 5.00. The van der Waals surface area contributed by atoms with Crippen LogP contribution in [0.3, 0.4) is 0 Å². The summed E-state index contributed by atoms with van der Waals surface area (Å²) in [5.74, 6) is 0. The molecule has 1 aromatic heterocycles. The first-order valence-corrected chi connectivity index (χ1v) is 5.73. The fourth-order valence-electron chi connectivity index (χ4n) is 0.856. The highest BCUT2D eigenvalue weighted by Crippen LogP contribution is 2.34. The second kappa shape index (κ2) is 4.13. The van der Waals surface area contributed by atoms with Crippen LogP contribution >= 0.6 is 39.3 Å². The largest absolute Gasteiger partial charge is 0.379 e. The van der Waals surface area contributed by atoms with Gasteiger partial charge < -0.3 is 4.74 Å². The minimum Gasteiger partial charge on any atom is -0.379 e. The minimum atomic E-state index is 0.456. The molecule has 0 aliphatic carbocycles. The zero-order valence-electron chi connectivity index (χ0n) is 6.54. The predicted octanol–water partition coefficient (Wildman–Crippen LogP) is 2.38. The van der Waals surface area contributed by atoms with E-state index in [9.17, 15) is 0 Å². The van der Waals surface area contributed by atoms with Gasteiger partial charge in [-0.2, -0.15) is 0 Å². The van der Waals surface area contributed by atoms with E-state index in [1.165, 1.54) is 6.33 Å². The first-order valence-electron chi connectivity index (χ1n) is 3.68. The summed E-state index contributed by atoms with van der Waals surface area (Å²) in [5.41, 5.74) is 0. The van der Waals surface area contributed by atoms with Crippen molar-refractivity contribution < 1.29 is 4.74 Å². The Bertz CT molecular complexity index is 321. The van der Waals surface area contributed by atoms with Crippen molar-refractivity contribution in [3.8, 4) is 0 Å². The molecule has 0 bridgehead atoms. The number of aromatic nitrogens is 2. The second-order valence-electron chi connectivity index (χ2n) is 2.56. The van der Waals surface area contributed by atoms with E-state index in [1.54, 1.807) is 11.8 Å². The summed E-state index contributed by atoms with van der Waals surface area (Å²) in [4.78, 5) is 7.98. The molecule has 1 aromatic rings. The Hall–Kier alpha value is 0.160. The molecule has 1 fully saturated rings. The highest BCUT2D eigenvalue weighted by Gasteiger charge is 2.21. The molecule has 0 aromatic carbocycles. The van der Waals surface area contributed by atoms with E-state index >= 15 is 0 Å². The summed E-state index contributed by atoms with van der Waals surface area (Å²) in [6, 6.07) is 0. The molecule has 1 aliphatic heterocycles. The van der Waals surface area contributed by atoms with Crippen molar-refractivity contribution in [3.05, 3.63) is 16.0 Å². The number of hydrogen-bond donors (Lipinski definition) is 0. The number of hydrogen-bond acceptors (Lipinski definition) is 4. The van der Waals surface area contributed by atoms with Gasteiger partial charge in [0.05, 0.1) is 22.9 Å². The molecule has 0 N–H and O–H groups in total. The quantitative estimate of drug-likeness (QED) is 0.780. The standard InChI is InChI=1S/C7H6BrClN2OS/c8-5-6(9)10-3-11-7(5)13-4-1-12-2-4/h3-4H,1-2H2. The molecule has 1 aliphatic rings. The maximum absolute atomic E-state index is 5.82. The molecule has 0 spiro atoms. The molecule has 6 heteroatoms. The van der Waals surface area contributed by atoms with Gasteiger partial charge in [0, 0.05) is 0 Å². The Labute approximate surface area is 93.4 Å². The molecule has 0 atom stereocenters. The van der Waals surface area contributed by atoms with E-state index in [-0.39, 0.29) is 0 Å². The van der Waals surface area contributed by atoms with E-state index in [1.807, 2.05) is 0 Å². The van der Waals surface area contributed by atoms with Gasteiger partial charge in [0.1, 0.15) is 16.5 Å². The molecule has 2 rings (SSSR count). The number of nitrogens with zero attached hydrogens (tertiary/aromatic N) is 2. The zero-order chi connectivity index (χ0) is 9.26. The van der Waals surface area contributed by atoms with Crippen LogP contribution in [0.5, 0.6) is 0 Å². The Morgan fingerprint density at radius 3 is 2.92 bits per heavy atom. The lowest BCUT2D eigenvalue weighted by Gasteiger charge is -2.24. The van der Waals surface area contributed by atoms with Crippen molar-refractivity contribution in [1.29, 1.82) is 0 Å². The summed E-state index contributed by atoms with van der Waals surface area (Å²) in [6.45, 7) is 1.58. The molecule has 0 radical (unpaired) electrons. The highest BCUT2D eigenvalue weighted by atomic mass is 79.9. The van der Waals surface area contributed by atoms with Crippen LogP contribution in [0.1, 0.15) is 0 Å². The van der Waals surface area contributed by atoms with Crippen LogP contribution in [0.25, 0.3) is 0 Å². The molecule has 13 heavy (non-hydrogen) atoms. The number of rotatable bonds is 2. The first kappa shape index (κ1) is 9.71. The van der Waals surface area contributed by atoms with Gasteiger partial charge in [0.25, 0.3) is 0 Å². The van der Waals surface area contributed by atoms with Gasteiger partial charge >= 0.3 is 0 Å². The SMILES string of the molecule is Clc1ncnc(SC2COC2)c1Br. The average molecular weight is 282 g/mol. The van der Waals surface area contributed by atoms with Crippen molar-refractivity contribution in [2.75, 3.05) is 13.2 Å². The molecular weight excluding hydrogens is 276 g/mol. The number of halogens is 2. The van der Waals surface area contributed by atoms with Gasteiger partial charge in [-0.15, -0.1) is 0 Å². The molecule has 0 unspecified atom stereocenters. The topological polar surface area (TPSA) is 35.0 Å². The molecule has 0 saturated carbocycles. The summed E-state index contributed by atoms with van der Waals surface area (Å²) < 4.78 is 5.84. The van der Waals surface area contributed by atoms with Gasteiger partial charge in [-0.1, -0.05) is 23.4 Å². The molecule has 1 saturated heterocycles. The predicted molar refractivity (Wildman–Crippen MR) is 55.2 cm³/mol. The van der Waals surface area contributed by atoms with Crippen LogP contribution in [-0.2, 0) is 4.74 Å². The normalized spacial score (nSPS) is 17.1. The molecule has 3 nitrogen and oxygen atoms in total. The minimum absolute atomic E-state index is 0.456. The Morgan fingerprint density at radius 2 is 2.31 bits per heavy atom. The summed E-state index contributed by atoms with van der Waals surface area (Å²) in [7, 11) is 0. The monoisotopic (exact) mass is 280 g/mol. The van der Waals surface area contributed by atoms with Crippen LogP contribution in [0.15, 0.2) is 15.8 Å². The Kier molecular flexibility index (Phi) is 3.08. The maximum atomic E-state index is 5.82. The molecule has 70 valence electrons. The maximum Gasteiger partial charge on any atom is 0.147 e. The van der Waals surface area contributed by atoms with E-state index in [0.29, 0.717) is 10.4 Å². The van der Waals surface area contributed by atoms with Crippen LogP contribution in [0.2, 0.25) is 5.15 Å². The van der Waals surface area contributed by atoms with E-state index in [4.69, 9.17) is 16.3 Å². The third kappa shape index (κ3) is 2.15. The van der Waals surface area contributed by atoms with Crippen molar-refractivity contribution in [2.45, 2.75) is 10.3 Å². The smallest absolute Gasteiger partial charge is 0.147 e. The van der Waals surface area contributed by atoms with Gasteiger partial charge in [-0.05, 0) is 15.9 Å². The average Bonchev–Trinajstić information content (AvgIpc) is 2.04. The number of thioether (sulfide) groups is 1.